The molecule has 0 bridgehead atoms. The highest BCUT2D eigenvalue weighted by Crippen LogP contribution is 2.16. The van der Waals surface area contributed by atoms with Gasteiger partial charge in [0, 0.05) is 6.08 Å². The van der Waals surface area contributed by atoms with Crippen LogP contribution in [0.1, 0.15) is 11.1 Å². The Morgan fingerprint density at radius 3 is 2.59 bits per heavy atom. The molecule has 4 N–H and O–H groups in total. The lowest BCUT2D eigenvalue weighted by molar-refractivity contribution is -0.131. The van der Waals surface area contributed by atoms with E-state index < -0.39 is 16.2 Å². The zero-order valence-electron chi connectivity index (χ0n) is 9.04. The molecule has 0 aromatic heterocycles. The molecule has 1 rings (SSSR count). The number of hydrogen-bond acceptors (Lipinski definition) is 3. The van der Waals surface area contributed by atoms with Crippen molar-refractivity contribution >= 4 is 27.9 Å². The molecule has 0 saturated carbocycles. The Bertz CT molecular complexity index is 564. The molecule has 1 aromatic rings. The molecule has 92 valence electrons. The Labute approximate surface area is 98.9 Å². The van der Waals surface area contributed by atoms with Crippen LogP contribution in [0.2, 0.25) is 0 Å². The first kappa shape index (κ1) is 13.2. The number of anilines is 1. The number of carboxylic acid groups (broad SMARTS) is 1. The van der Waals surface area contributed by atoms with Crippen molar-refractivity contribution in [2.24, 2.45) is 5.14 Å². The highest BCUT2D eigenvalue weighted by atomic mass is 32.2. The summed E-state index contributed by atoms with van der Waals surface area (Å²) in [7, 11) is -3.83. The van der Waals surface area contributed by atoms with Crippen LogP contribution in [-0.2, 0) is 15.0 Å². The molecule has 0 aliphatic carbocycles. The van der Waals surface area contributed by atoms with Gasteiger partial charge in [-0.1, -0.05) is 6.07 Å². The molecule has 0 unspecified atom stereocenters. The number of aliphatic carboxylic acids is 1. The van der Waals surface area contributed by atoms with E-state index in [0.29, 0.717) is 5.56 Å². The standard InChI is InChI=1S/C10H12N2O4S/c1-7-4-8(2-3-10(13)14)6-9(5-7)12-17(11,15)16/h2-6,12H,1H3,(H,13,14)(H2,11,15,16)/b3-2+. The van der Waals surface area contributed by atoms with Crippen molar-refractivity contribution in [3.05, 3.63) is 35.4 Å². The van der Waals surface area contributed by atoms with Crippen LogP contribution >= 0.6 is 0 Å². The molecule has 0 fully saturated rings. The third-order valence-electron chi connectivity index (χ3n) is 1.78. The number of nitrogens with one attached hydrogen (secondary N) is 1. The van der Waals surface area contributed by atoms with Gasteiger partial charge in [-0.15, -0.1) is 0 Å². The fourth-order valence-corrected chi connectivity index (χ4v) is 1.75. The van der Waals surface area contributed by atoms with Gasteiger partial charge in [-0.2, -0.15) is 8.42 Å². The maximum absolute atomic E-state index is 10.8. The first-order chi connectivity index (χ1) is 7.76. The van der Waals surface area contributed by atoms with Crippen LogP contribution in [0.5, 0.6) is 0 Å². The summed E-state index contributed by atoms with van der Waals surface area (Å²) < 4.78 is 23.8. The lowest BCUT2D eigenvalue weighted by atomic mass is 10.1. The number of nitrogens with two attached hydrogens (primary N) is 1. The molecule has 0 amide bonds. The van der Waals surface area contributed by atoms with Crippen LogP contribution in [0.3, 0.4) is 0 Å². The van der Waals surface area contributed by atoms with Gasteiger partial charge >= 0.3 is 5.97 Å². The predicted octanol–water partition coefficient (Wildman–Crippen LogP) is 0.708. The van der Waals surface area contributed by atoms with E-state index >= 15 is 0 Å². The number of hydrogen-bond donors (Lipinski definition) is 3. The van der Waals surface area contributed by atoms with Crippen LogP contribution in [0, 0.1) is 6.92 Å². The summed E-state index contributed by atoms with van der Waals surface area (Å²) in [5.74, 6) is -1.08. The van der Waals surface area contributed by atoms with Crippen LogP contribution in [0.15, 0.2) is 24.3 Å². The van der Waals surface area contributed by atoms with Crippen LogP contribution < -0.4 is 9.86 Å². The fraction of sp³-hybridized carbons (Fsp3) is 0.100. The first-order valence-corrected chi connectivity index (χ1v) is 6.14. The van der Waals surface area contributed by atoms with Crippen molar-refractivity contribution in [3.8, 4) is 0 Å². The van der Waals surface area contributed by atoms with E-state index in [-0.39, 0.29) is 5.69 Å². The quantitative estimate of drug-likeness (QED) is 0.689. The molecule has 7 heteroatoms. The van der Waals surface area contributed by atoms with Gasteiger partial charge in [0.05, 0.1) is 5.69 Å². The smallest absolute Gasteiger partial charge is 0.328 e. The molecule has 0 radical (unpaired) electrons. The van der Waals surface area contributed by atoms with Crippen molar-refractivity contribution in [3.63, 3.8) is 0 Å². The third-order valence-corrected chi connectivity index (χ3v) is 2.30. The van der Waals surface area contributed by atoms with E-state index in [9.17, 15) is 13.2 Å². The highest BCUT2D eigenvalue weighted by Gasteiger charge is 2.03. The van der Waals surface area contributed by atoms with Crippen LogP contribution in [0.25, 0.3) is 6.08 Å². The minimum Gasteiger partial charge on any atom is -0.478 e. The SMILES string of the molecule is Cc1cc(/C=C/C(=O)O)cc(NS(N)(=O)=O)c1. The Balaban J connectivity index is 3.06. The molecule has 0 atom stereocenters. The molecule has 0 spiro atoms. The van der Waals surface area contributed by atoms with Gasteiger partial charge < -0.3 is 5.11 Å². The van der Waals surface area contributed by atoms with E-state index in [1.807, 2.05) is 0 Å². The first-order valence-electron chi connectivity index (χ1n) is 4.59. The average molecular weight is 256 g/mol. The van der Waals surface area contributed by atoms with Gasteiger partial charge in [-0.05, 0) is 36.3 Å². The van der Waals surface area contributed by atoms with Crippen molar-refractivity contribution in [2.45, 2.75) is 6.92 Å². The van der Waals surface area contributed by atoms with E-state index in [2.05, 4.69) is 4.72 Å². The number of carbonyl (C=O) groups is 1. The van der Waals surface area contributed by atoms with Gasteiger partial charge in [0.25, 0.3) is 10.2 Å². The Morgan fingerprint density at radius 1 is 1.41 bits per heavy atom. The number of rotatable bonds is 4. The summed E-state index contributed by atoms with van der Waals surface area (Å²) in [5.41, 5.74) is 1.64. The van der Waals surface area contributed by atoms with Crippen molar-refractivity contribution in [1.82, 2.24) is 0 Å². The lowest BCUT2D eigenvalue weighted by Crippen LogP contribution is -2.21. The maximum atomic E-state index is 10.8. The van der Waals surface area contributed by atoms with Crippen molar-refractivity contribution in [2.75, 3.05) is 4.72 Å². The van der Waals surface area contributed by atoms with E-state index in [0.717, 1.165) is 11.6 Å². The molecule has 17 heavy (non-hydrogen) atoms. The highest BCUT2D eigenvalue weighted by molar-refractivity contribution is 7.90. The summed E-state index contributed by atoms with van der Waals surface area (Å²) >= 11 is 0. The monoisotopic (exact) mass is 256 g/mol. The fourth-order valence-electron chi connectivity index (χ4n) is 1.30. The Hall–Kier alpha value is -1.86. The second-order valence-electron chi connectivity index (χ2n) is 3.45. The summed E-state index contributed by atoms with van der Waals surface area (Å²) in [5, 5.41) is 13.3. The number of aryl methyl sites for hydroxylation is 1. The minimum absolute atomic E-state index is 0.289. The zero-order chi connectivity index (χ0) is 13.1. The normalized spacial score (nSPS) is 11.6. The molecule has 0 saturated heterocycles. The van der Waals surface area contributed by atoms with E-state index in [1.165, 1.54) is 12.1 Å². The molecular formula is C10H12N2O4S. The predicted molar refractivity (Wildman–Crippen MR) is 64.6 cm³/mol. The summed E-state index contributed by atoms with van der Waals surface area (Å²) in [4.78, 5) is 10.4. The third kappa shape index (κ3) is 5.14. The summed E-state index contributed by atoms with van der Waals surface area (Å²) in [6.07, 6.45) is 2.33. The Morgan fingerprint density at radius 2 is 2.06 bits per heavy atom. The maximum Gasteiger partial charge on any atom is 0.328 e. The minimum atomic E-state index is -3.83. The molecule has 1 aromatic carbocycles. The molecule has 0 heterocycles. The van der Waals surface area contributed by atoms with Gasteiger partial charge in [0.2, 0.25) is 0 Å². The van der Waals surface area contributed by atoms with Gasteiger partial charge in [-0.3, -0.25) is 4.72 Å². The van der Waals surface area contributed by atoms with E-state index in [1.54, 1.807) is 19.1 Å². The van der Waals surface area contributed by atoms with Gasteiger partial charge in [0.15, 0.2) is 0 Å². The Kier molecular flexibility index (Phi) is 3.87. The second-order valence-corrected chi connectivity index (χ2v) is 4.75. The van der Waals surface area contributed by atoms with E-state index in [4.69, 9.17) is 10.2 Å². The summed E-state index contributed by atoms with van der Waals surface area (Å²) in [6, 6.07) is 4.78. The van der Waals surface area contributed by atoms with Crippen LogP contribution in [0.4, 0.5) is 5.69 Å². The molecule has 6 nitrogen and oxygen atoms in total. The second kappa shape index (κ2) is 4.98. The van der Waals surface area contributed by atoms with Crippen LogP contribution in [-0.4, -0.2) is 19.5 Å². The topological polar surface area (TPSA) is 109 Å². The average Bonchev–Trinajstić information content (AvgIpc) is 2.10. The van der Waals surface area contributed by atoms with Gasteiger partial charge in [0.1, 0.15) is 0 Å². The van der Waals surface area contributed by atoms with Crippen molar-refractivity contribution < 1.29 is 18.3 Å². The molecular weight excluding hydrogens is 244 g/mol. The van der Waals surface area contributed by atoms with Gasteiger partial charge in [-0.25, -0.2) is 9.93 Å². The lowest BCUT2D eigenvalue weighted by Gasteiger charge is -2.06. The molecule has 0 aliphatic heterocycles. The molecule has 0 aliphatic rings. The van der Waals surface area contributed by atoms with Crippen molar-refractivity contribution in [1.29, 1.82) is 0 Å². The zero-order valence-corrected chi connectivity index (χ0v) is 9.86. The summed E-state index contributed by atoms with van der Waals surface area (Å²) in [6.45, 7) is 1.76. The number of benzene rings is 1. The number of carboxylic acids is 1. The largest absolute Gasteiger partial charge is 0.478 e.